The zero-order valence-corrected chi connectivity index (χ0v) is 9.36. The normalized spacial score (nSPS) is 20.1. The van der Waals surface area contributed by atoms with Gasteiger partial charge in [-0.15, -0.1) is 0 Å². The van der Waals surface area contributed by atoms with E-state index in [4.69, 9.17) is 16.3 Å². The van der Waals surface area contributed by atoms with Gasteiger partial charge in [0.2, 0.25) is 0 Å². The molecular formula is C11H12ClF2NO. The first-order valence-electron chi connectivity index (χ1n) is 5.13. The molecule has 0 saturated carbocycles. The molecule has 1 fully saturated rings. The number of rotatable bonds is 3. The third-order valence-corrected chi connectivity index (χ3v) is 2.90. The summed E-state index contributed by atoms with van der Waals surface area (Å²) in [6, 6.07) is 1.91. The highest BCUT2D eigenvalue weighted by molar-refractivity contribution is 6.33. The van der Waals surface area contributed by atoms with Crippen LogP contribution in [0, 0.1) is 17.6 Å². The molecule has 1 aliphatic rings. The van der Waals surface area contributed by atoms with E-state index in [0.29, 0.717) is 19.1 Å². The van der Waals surface area contributed by atoms with Crippen LogP contribution in [0.15, 0.2) is 12.1 Å². The van der Waals surface area contributed by atoms with Gasteiger partial charge in [-0.1, -0.05) is 11.6 Å². The summed E-state index contributed by atoms with van der Waals surface area (Å²) >= 11 is 5.75. The fraction of sp³-hybridized carbons (Fsp3) is 0.455. The summed E-state index contributed by atoms with van der Waals surface area (Å²) in [5, 5.41) is 2.96. The number of halogens is 3. The van der Waals surface area contributed by atoms with Gasteiger partial charge in [0.05, 0.1) is 17.3 Å². The molecule has 16 heavy (non-hydrogen) atoms. The van der Waals surface area contributed by atoms with Crippen LogP contribution in [-0.4, -0.2) is 19.8 Å². The summed E-state index contributed by atoms with van der Waals surface area (Å²) in [4.78, 5) is 0. The fourth-order valence-electron chi connectivity index (χ4n) is 1.70. The van der Waals surface area contributed by atoms with Gasteiger partial charge >= 0.3 is 0 Å². The van der Waals surface area contributed by atoms with Gasteiger partial charge in [-0.3, -0.25) is 0 Å². The van der Waals surface area contributed by atoms with Crippen LogP contribution in [0.4, 0.5) is 14.5 Å². The van der Waals surface area contributed by atoms with Gasteiger partial charge in [0.15, 0.2) is 5.82 Å². The molecular weight excluding hydrogens is 236 g/mol. The van der Waals surface area contributed by atoms with Gasteiger partial charge in [-0.05, 0) is 12.5 Å². The second-order valence-electron chi connectivity index (χ2n) is 3.85. The standard InChI is InChI=1S/C11H12ClF2NO/c12-9-3-8(13)4-10(14)11(9)15-5-7-1-2-16-6-7/h3-4,7,15H,1-2,5-6H2. The molecule has 2 nitrogen and oxygen atoms in total. The van der Waals surface area contributed by atoms with Gasteiger partial charge in [0.25, 0.3) is 0 Å². The van der Waals surface area contributed by atoms with Crippen LogP contribution in [-0.2, 0) is 4.74 Å². The highest BCUT2D eigenvalue weighted by Gasteiger charge is 2.17. The van der Waals surface area contributed by atoms with E-state index in [1.807, 2.05) is 0 Å². The SMILES string of the molecule is Fc1cc(F)c(NCC2CCOC2)c(Cl)c1. The molecule has 0 amide bonds. The molecule has 2 rings (SSSR count). The number of anilines is 1. The molecule has 1 unspecified atom stereocenters. The monoisotopic (exact) mass is 247 g/mol. The topological polar surface area (TPSA) is 21.3 Å². The largest absolute Gasteiger partial charge is 0.381 e. The number of hydrogen-bond acceptors (Lipinski definition) is 2. The average molecular weight is 248 g/mol. The minimum atomic E-state index is -0.669. The van der Waals surface area contributed by atoms with Gasteiger partial charge in [-0.2, -0.15) is 0 Å². The van der Waals surface area contributed by atoms with Crippen molar-refractivity contribution in [2.45, 2.75) is 6.42 Å². The molecule has 1 atom stereocenters. The predicted molar refractivity (Wildman–Crippen MR) is 58.8 cm³/mol. The number of nitrogens with one attached hydrogen (secondary N) is 1. The van der Waals surface area contributed by atoms with Crippen LogP contribution < -0.4 is 5.32 Å². The molecule has 1 aromatic carbocycles. The maximum absolute atomic E-state index is 13.4. The summed E-state index contributed by atoms with van der Waals surface area (Å²) < 4.78 is 31.3. The molecule has 1 N–H and O–H groups in total. The number of ether oxygens (including phenoxy) is 1. The first-order chi connectivity index (χ1) is 7.66. The molecule has 5 heteroatoms. The average Bonchev–Trinajstić information content (AvgIpc) is 2.68. The van der Waals surface area contributed by atoms with Gasteiger partial charge in [0.1, 0.15) is 5.82 Å². The van der Waals surface area contributed by atoms with Gasteiger partial charge in [0, 0.05) is 25.1 Å². The van der Waals surface area contributed by atoms with Gasteiger partial charge in [-0.25, -0.2) is 8.78 Å². The Labute approximate surface area is 97.5 Å². The Morgan fingerprint density at radius 1 is 1.44 bits per heavy atom. The molecule has 0 aromatic heterocycles. The lowest BCUT2D eigenvalue weighted by molar-refractivity contribution is 0.187. The van der Waals surface area contributed by atoms with Crippen molar-refractivity contribution >= 4 is 17.3 Å². The molecule has 1 aliphatic heterocycles. The van der Waals surface area contributed by atoms with Crippen molar-refractivity contribution < 1.29 is 13.5 Å². The summed E-state index contributed by atoms with van der Waals surface area (Å²) in [6.07, 6.45) is 0.952. The van der Waals surface area contributed by atoms with E-state index in [-0.39, 0.29) is 10.7 Å². The summed E-state index contributed by atoms with van der Waals surface area (Å²) in [5.74, 6) is -0.971. The molecule has 0 aliphatic carbocycles. The number of benzene rings is 1. The van der Waals surface area contributed by atoms with E-state index in [2.05, 4.69) is 5.32 Å². The van der Waals surface area contributed by atoms with Crippen molar-refractivity contribution in [2.75, 3.05) is 25.1 Å². The quantitative estimate of drug-likeness (QED) is 0.886. The van der Waals surface area contributed by atoms with Crippen LogP contribution in [0.5, 0.6) is 0 Å². The van der Waals surface area contributed by atoms with Gasteiger partial charge < -0.3 is 10.1 Å². The third-order valence-electron chi connectivity index (χ3n) is 2.60. The van der Waals surface area contributed by atoms with Crippen LogP contribution >= 0.6 is 11.6 Å². The highest BCUT2D eigenvalue weighted by atomic mass is 35.5. The first-order valence-corrected chi connectivity index (χ1v) is 5.51. The zero-order valence-electron chi connectivity index (χ0n) is 8.60. The predicted octanol–water partition coefficient (Wildman–Crippen LogP) is 3.07. The van der Waals surface area contributed by atoms with Crippen molar-refractivity contribution in [1.29, 1.82) is 0 Å². The van der Waals surface area contributed by atoms with E-state index in [1.165, 1.54) is 0 Å². The first kappa shape index (κ1) is 11.6. The minimum absolute atomic E-state index is 0.0661. The van der Waals surface area contributed by atoms with Crippen molar-refractivity contribution in [3.63, 3.8) is 0 Å². The summed E-state index contributed by atoms with van der Waals surface area (Å²) in [5.41, 5.74) is 0.162. The highest BCUT2D eigenvalue weighted by Crippen LogP contribution is 2.27. The Morgan fingerprint density at radius 3 is 2.88 bits per heavy atom. The summed E-state index contributed by atoms with van der Waals surface area (Å²) in [6.45, 7) is 2.00. The lowest BCUT2D eigenvalue weighted by Crippen LogP contribution is -2.15. The lowest BCUT2D eigenvalue weighted by atomic mass is 10.1. The Bertz CT molecular complexity index is 357. The zero-order chi connectivity index (χ0) is 11.5. The summed E-state index contributed by atoms with van der Waals surface area (Å²) in [7, 11) is 0. The van der Waals surface area contributed by atoms with E-state index in [1.54, 1.807) is 0 Å². The van der Waals surface area contributed by atoms with Crippen molar-refractivity contribution in [3.8, 4) is 0 Å². The van der Waals surface area contributed by atoms with Crippen molar-refractivity contribution in [2.24, 2.45) is 5.92 Å². The molecule has 0 radical (unpaired) electrons. The lowest BCUT2D eigenvalue weighted by Gasteiger charge is -2.12. The van der Waals surface area contributed by atoms with E-state index >= 15 is 0 Å². The maximum Gasteiger partial charge on any atom is 0.150 e. The Morgan fingerprint density at radius 2 is 2.25 bits per heavy atom. The van der Waals surface area contributed by atoms with Crippen molar-refractivity contribution in [1.82, 2.24) is 0 Å². The fourth-order valence-corrected chi connectivity index (χ4v) is 1.96. The van der Waals surface area contributed by atoms with E-state index < -0.39 is 11.6 Å². The molecule has 0 bridgehead atoms. The van der Waals surface area contributed by atoms with Crippen molar-refractivity contribution in [3.05, 3.63) is 28.8 Å². The minimum Gasteiger partial charge on any atom is -0.381 e. The van der Waals surface area contributed by atoms with E-state index in [9.17, 15) is 8.78 Å². The van der Waals surface area contributed by atoms with Crippen LogP contribution in [0.25, 0.3) is 0 Å². The smallest absolute Gasteiger partial charge is 0.150 e. The number of hydrogen-bond donors (Lipinski definition) is 1. The molecule has 1 aromatic rings. The van der Waals surface area contributed by atoms with Crippen LogP contribution in [0.2, 0.25) is 5.02 Å². The Balaban J connectivity index is 2.03. The molecule has 0 spiro atoms. The maximum atomic E-state index is 13.4. The molecule has 1 heterocycles. The molecule has 88 valence electrons. The Hall–Kier alpha value is -0.870. The van der Waals surface area contributed by atoms with Crippen LogP contribution in [0.3, 0.4) is 0 Å². The molecule has 1 saturated heterocycles. The second kappa shape index (κ2) is 4.97. The van der Waals surface area contributed by atoms with E-state index in [0.717, 1.165) is 25.2 Å². The van der Waals surface area contributed by atoms with Crippen LogP contribution in [0.1, 0.15) is 6.42 Å². The Kier molecular flexibility index (Phi) is 3.61. The third kappa shape index (κ3) is 2.62. The second-order valence-corrected chi connectivity index (χ2v) is 4.26.